The maximum Gasteiger partial charge on any atom is 0.160 e. The van der Waals surface area contributed by atoms with E-state index >= 15 is 0 Å². The highest BCUT2D eigenvalue weighted by atomic mass is 16.5. The number of methoxy groups -OCH3 is 1. The Bertz CT molecular complexity index is 712. The van der Waals surface area contributed by atoms with E-state index in [4.69, 9.17) is 9.47 Å². The van der Waals surface area contributed by atoms with Gasteiger partial charge in [-0.1, -0.05) is 6.07 Å². The summed E-state index contributed by atoms with van der Waals surface area (Å²) in [4.78, 5) is 0. The lowest BCUT2D eigenvalue weighted by molar-refractivity contribution is 0.0630. The minimum atomic E-state index is -0.922. The van der Waals surface area contributed by atoms with Crippen LogP contribution in [0.25, 0.3) is 0 Å². The molecule has 0 radical (unpaired) electrons. The van der Waals surface area contributed by atoms with Crippen LogP contribution in [0.3, 0.4) is 0 Å². The first kappa shape index (κ1) is 14.3. The first-order valence-corrected chi connectivity index (χ1v) is 6.77. The lowest BCUT2D eigenvalue weighted by Gasteiger charge is -2.30. The lowest BCUT2D eigenvalue weighted by atomic mass is 9.94. The fourth-order valence-corrected chi connectivity index (χ4v) is 2.65. The summed E-state index contributed by atoms with van der Waals surface area (Å²) in [5.74, 6) is 0.198. The molecule has 0 aromatic heterocycles. The van der Waals surface area contributed by atoms with E-state index in [-0.39, 0.29) is 35.0 Å². The molecule has 2 aromatic rings. The second-order valence-corrected chi connectivity index (χ2v) is 5.17. The lowest BCUT2D eigenvalue weighted by Crippen LogP contribution is -2.19. The Morgan fingerprint density at radius 2 is 1.86 bits per heavy atom. The molecule has 0 spiro atoms. The van der Waals surface area contributed by atoms with Crippen molar-refractivity contribution >= 4 is 0 Å². The van der Waals surface area contributed by atoms with Crippen molar-refractivity contribution in [2.24, 2.45) is 0 Å². The van der Waals surface area contributed by atoms with Gasteiger partial charge in [-0.3, -0.25) is 0 Å². The maximum absolute atomic E-state index is 10.2. The number of rotatable bonds is 2. The minimum Gasteiger partial charge on any atom is -0.508 e. The van der Waals surface area contributed by atoms with Gasteiger partial charge in [0.05, 0.1) is 18.8 Å². The number of benzene rings is 2. The molecule has 0 saturated heterocycles. The molecule has 0 saturated carbocycles. The summed E-state index contributed by atoms with van der Waals surface area (Å²) in [5, 5.41) is 39.3. The van der Waals surface area contributed by atoms with Crippen LogP contribution in [-0.4, -0.2) is 27.5 Å². The fraction of sp³-hybridized carbons (Fsp3) is 0.250. The molecule has 22 heavy (non-hydrogen) atoms. The van der Waals surface area contributed by atoms with Gasteiger partial charge in [0.15, 0.2) is 11.5 Å². The largest absolute Gasteiger partial charge is 0.508 e. The zero-order valence-electron chi connectivity index (χ0n) is 11.9. The van der Waals surface area contributed by atoms with Crippen molar-refractivity contribution in [1.82, 2.24) is 0 Å². The molecule has 2 aromatic carbocycles. The van der Waals surface area contributed by atoms with Gasteiger partial charge in [-0.05, 0) is 17.7 Å². The number of phenolic OH excluding ortho intramolecular Hbond substituents is 3. The van der Waals surface area contributed by atoms with E-state index in [1.54, 1.807) is 12.1 Å². The van der Waals surface area contributed by atoms with Gasteiger partial charge in [0.25, 0.3) is 0 Å². The summed E-state index contributed by atoms with van der Waals surface area (Å²) >= 11 is 0. The number of fused-ring (bicyclic) bond motifs is 1. The Hall–Kier alpha value is -2.60. The molecule has 116 valence electrons. The van der Waals surface area contributed by atoms with E-state index < -0.39 is 12.2 Å². The Morgan fingerprint density at radius 1 is 1.09 bits per heavy atom. The molecular formula is C16H16O6. The molecule has 1 aliphatic rings. The molecule has 2 atom stereocenters. The molecule has 0 aliphatic carbocycles. The average Bonchev–Trinajstić information content (AvgIpc) is 2.46. The molecule has 3 rings (SSSR count). The fourth-order valence-electron chi connectivity index (χ4n) is 2.65. The summed E-state index contributed by atoms with van der Waals surface area (Å²) < 4.78 is 10.8. The first-order chi connectivity index (χ1) is 10.5. The first-order valence-electron chi connectivity index (χ1n) is 6.77. The van der Waals surface area contributed by atoms with Gasteiger partial charge >= 0.3 is 0 Å². The minimum absolute atomic E-state index is 0.0123. The third-order valence-electron chi connectivity index (χ3n) is 3.72. The molecule has 0 amide bonds. The van der Waals surface area contributed by atoms with Crippen LogP contribution in [0.15, 0.2) is 30.3 Å². The summed E-state index contributed by atoms with van der Waals surface area (Å²) in [5.41, 5.74) is 0.974. The smallest absolute Gasteiger partial charge is 0.160 e. The SMILES string of the molecule is COc1cc(C2CC(O)c3c(O)cc(O)cc3O2)ccc1O. The molecule has 1 heterocycles. The summed E-state index contributed by atoms with van der Waals surface area (Å²) in [7, 11) is 1.45. The van der Waals surface area contributed by atoms with E-state index in [0.29, 0.717) is 11.3 Å². The second-order valence-electron chi connectivity index (χ2n) is 5.17. The predicted octanol–water partition coefficient (Wildman–Crippen LogP) is 2.37. The monoisotopic (exact) mass is 304 g/mol. The zero-order valence-corrected chi connectivity index (χ0v) is 11.9. The van der Waals surface area contributed by atoms with Gasteiger partial charge in [0.2, 0.25) is 0 Å². The number of aromatic hydroxyl groups is 3. The second kappa shape index (κ2) is 5.31. The Labute approximate surface area is 126 Å². The highest BCUT2D eigenvalue weighted by molar-refractivity contribution is 5.52. The van der Waals surface area contributed by atoms with E-state index in [0.717, 1.165) is 6.07 Å². The molecule has 6 nitrogen and oxygen atoms in total. The summed E-state index contributed by atoms with van der Waals surface area (Å²) in [6.45, 7) is 0. The number of ether oxygens (including phenoxy) is 2. The van der Waals surface area contributed by atoms with Crippen molar-refractivity contribution in [3.63, 3.8) is 0 Å². The van der Waals surface area contributed by atoms with Crippen LogP contribution in [0.1, 0.15) is 29.8 Å². The van der Waals surface area contributed by atoms with Crippen molar-refractivity contribution in [1.29, 1.82) is 0 Å². The third kappa shape index (κ3) is 2.37. The molecule has 4 N–H and O–H groups in total. The quantitative estimate of drug-likeness (QED) is 0.680. The van der Waals surface area contributed by atoms with Crippen LogP contribution >= 0.6 is 0 Å². The normalized spacial score (nSPS) is 20.1. The van der Waals surface area contributed by atoms with E-state index in [1.807, 2.05) is 0 Å². The Balaban J connectivity index is 1.98. The molecule has 2 unspecified atom stereocenters. The third-order valence-corrected chi connectivity index (χ3v) is 3.72. The van der Waals surface area contributed by atoms with Gasteiger partial charge < -0.3 is 29.9 Å². The average molecular weight is 304 g/mol. The Morgan fingerprint density at radius 3 is 2.59 bits per heavy atom. The van der Waals surface area contributed by atoms with Gasteiger partial charge in [0.1, 0.15) is 23.4 Å². The van der Waals surface area contributed by atoms with Crippen LogP contribution < -0.4 is 9.47 Å². The van der Waals surface area contributed by atoms with Crippen LogP contribution in [0.5, 0.6) is 28.7 Å². The Kier molecular flexibility index (Phi) is 3.46. The van der Waals surface area contributed by atoms with Crippen LogP contribution in [0.4, 0.5) is 0 Å². The van der Waals surface area contributed by atoms with Crippen molar-refractivity contribution in [3.8, 4) is 28.7 Å². The van der Waals surface area contributed by atoms with Gasteiger partial charge in [-0.2, -0.15) is 0 Å². The molecular weight excluding hydrogens is 288 g/mol. The van der Waals surface area contributed by atoms with Crippen molar-refractivity contribution in [2.45, 2.75) is 18.6 Å². The topological polar surface area (TPSA) is 99.4 Å². The standard InChI is InChI=1S/C16H16O6/c1-21-14-4-8(2-3-10(14)18)13-7-12(20)16-11(19)5-9(17)6-15(16)22-13/h2-6,12-13,17-20H,7H2,1H3. The number of aliphatic hydroxyl groups is 1. The zero-order chi connectivity index (χ0) is 15.9. The molecule has 0 fully saturated rings. The van der Waals surface area contributed by atoms with Gasteiger partial charge in [-0.15, -0.1) is 0 Å². The van der Waals surface area contributed by atoms with Crippen LogP contribution in [0, 0.1) is 0 Å². The maximum atomic E-state index is 10.2. The van der Waals surface area contributed by atoms with E-state index in [1.165, 1.54) is 19.2 Å². The highest BCUT2D eigenvalue weighted by Crippen LogP contribution is 2.47. The van der Waals surface area contributed by atoms with Crippen LogP contribution in [0.2, 0.25) is 0 Å². The van der Waals surface area contributed by atoms with Crippen molar-refractivity contribution in [3.05, 3.63) is 41.5 Å². The number of hydrogen-bond acceptors (Lipinski definition) is 6. The van der Waals surface area contributed by atoms with E-state index in [9.17, 15) is 20.4 Å². The molecule has 1 aliphatic heterocycles. The van der Waals surface area contributed by atoms with Gasteiger partial charge in [0, 0.05) is 18.6 Å². The molecule has 0 bridgehead atoms. The van der Waals surface area contributed by atoms with Crippen molar-refractivity contribution < 1.29 is 29.9 Å². The van der Waals surface area contributed by atoms with Gasteiger partial charge in [-0.25, -0.2) is 0 Å². The number of hydrogen-bond donors (Lipinski definition) is 4. The summed E-state index contributed by atoms with van der Waals surface area (Å²) in [6, 6.07) is 7.29. The number of phenols is 3. The molecule has 6 heteroatoms. The van der Waals surface area contributed by atoms with Crippen LogP contribution in [-0.2, 0) is 0 Å². The highest BCUT2D eigenvalue weighted by Gasteiger charge is 2.31. The number of aliphatic hydroxyl groups excluding tert-OH is 1. The predicted molar refractivity (Wildman–Crippen MR) is 77.4 cm³/mol. The summed E-state index contributed by atoms with van der Waals surface area (Å²) in [6.07, 6.45) is -1.17. The van der Waals surface area contributed by atoms with E-state index in [2.05, 4.69) is 0 Å². The van der Waals surface area contributed by atoms with Crippen molar-refractivity contribution in [2.75, 3.05) is 7.11 Å².